The summed E-state index contributed by atoms with van der Waals surface area (Å²) in [6.07, 6.45) is 0.212. The van der Waals surface area contributed by atoms with E-state index in [2.05, 4.69) is 5.32 Å². The number of rotatable bonds is 9. The summed E-state index contributed by atoms with van der Waals surface area (Å²) in [5.41, 5.74) is 1.07. The molecule has 1 heterocycles. The van der Waals surface area contributed by atoms with Gasteiger partial charge in [-0.05, 0) is 18.4 Å². The number of methoxy groups -OCH3 is 1. The maximum Gasteiger partial charge on any atom is 0.373 e. The monoisotopic (exact) mass is 446 g/mol. The van der Waals surface area contributed by atoms with Gasteiger partial charge in [0.1, 0.15) is 12.1 Å². The molecule has 1 N–H and O–H groups in total. The maximum absolute atomic E-state index is 13.5. The molecular formula is C23H30N2O7. The molecule has 1 aromatic carbocycles. The van der Waals surface area contributed by atoms with Crippen LogP contribution in [0.3, 0.4) is 0 Å². The van der Waals surface area contributed by atoms with E-state index in [0.29, 0.717) is 25.9 Å². The second kappa shape index (κ2) is 11.9. The molecule has 0 spiro atoms. The van der Waals surface area contributed by atoms with Crippen LogP contribution in [0.15, 0.2) is 42.2 Å². The van der Waals surface area contributed by atoms with Gasteiger partial charge < -0.3 is 24.4 Å². The lowest BCUT2D eigenvalue weighted by molar-refractivity contribution is -0.160. The topological polar surface area (TPSA) is 111 Å². The quantitative estimate of drug-likeness (QED) is 0.570. The summed E-state index contributed by atoms with van der Waals surface area (Å²) in [5, 5.41) is 2.63. The Morgan fingerprint density at radius 2 is 1.78 bits per heavy atom. The van der Waals surface area contributed by atoms with Crippen molar-refractivity contribution >= 4 is 23.8 Å². The third-order valence-corrected chi connectivity index (χ3v) is 4.87. The highest BCUT2D eigenvalue weighted by Crippen LogP contribution is 2.24. The van der Waals surface area contributed by atoms with E-state index in [1.54, 1.807) is 4.90 Å². The van der Waals surface area contributed by atoms with Crippen LogP contribution >= 0.6 is 0 Å². The van der Waals surface area contributed by atoms with Crippen LogP contribution in [0, 0.1) is 0 Å². The third-order valence-electron chi connectivity index (χ3n) is 4.87. The van der Waals surface area contributed by atoms with Crippen LogP contribution in [0.5, 0.6) is 0 Å². The third kappa shape index (κ3) is 6.83. The minimum Gasteiger partial charge on any atom is -0.471 e. The minimum absolute atomic E-state index is 0.252. The number of esters is 2. The van der Waals surface area contributed by atoms with Gasteiger partial charge in [-0.1, -0.05) is 37.3 Å². The second-order valence-corrected chi connectivity index (χ2v) is 7.42. The lowest BCUT2D eigenvalue weighted by Gasteiger charge is -2.37. The number of hydrogen-bond acceptors (Lipinski definition) is 7. The normalized spacial score (nSPS) is 19.8. The minimum atomic E-state index is -1.27. The molecule has 9 nitrogen and oxygen atoms in total. The predicted molar refractivity (Wildman–Crippen MR) is 115 cm³/mol. The molecule has 0 saturated carbocycles. The largest absolute Gasteiger partial charge is 0.471 e. The van der Waals surface area contributed by atoms with Crippen molar-refractivity contribution < 1.29 is 33.4 Å². The van der Waals surface area contributed by atoms with Crippen molar-refractivity contribution in [3.8, 4) is 0 Å². The molecule has 0 aromatic heterocycles. The van der Waals surface area contributed by atoms with E-state index in [9.17, 15) is 19.2 Å². The van der Waals surface area contributed by atoms with Gasteiger partial charge >= 0.3 is 11.9 Å². The van der Waals surface area contributed by atoms with Gasteiger partial charge in [0.05, 0.1) is 7.11 Å². The van der Waals surface area contributed by atoms with Gasteiger partial charge in [0.25, 0.3) is 5.91 Å². The molecule has 0 fully saturated rings. The molecule has 2 rings (SSSR count). The fourth-order valence-corrected chi connectivity index (χ4v) is 3.48. The molecule has 174 valence electrons. The Hall–Kier alpha value is -3.36. The summed E-state index contributed by atoms with van der Waals surface area (Å²) in [5.74, 6) is -2.55. The average molecular weight is 447 g/mol. The van der Waals surface area contributed by atoms with Gasteiger partial charge in [-0.15, -0.1) is 0 Å². The van der Waals surface area contributed by atoms with Crippen LogP contribution in [-0.4, -0.2) is 67.1 Å². The predicted octanol–water partition coefficient (Wildman–Crippen LogP) is 1.36. The fourth-order valence-electron chi connectivity index (χ4n) is 3.48. The number of carbonyl (C=O) groups is 4. The molecule has 9 heteroatoms. The number of nitrogens with one attached hydrogen (secondary N) is 1. The Morgan fingerprint density at radius 1 is 1.09 bits per heavy atom. The maximum atomic E-state index is 13.5. The molecule has 0 saturated heterocycles. The SMILES string of the molecule is CCCN(CCc1ccccc1)C(=O)[C@@H]1OC(C(=O)OC)=C[C@@H](OC(C)=O)[C@H]1NC(C)=O. The Morgan fingerprint density at radius 3 is 2.34 bits per heavy atom. The first-order valence-electron chi connectivity index (χ1n) is 10.5. The summed E-state index contributed by atoms with van der Waals surface area (Å²) in [6, 6.07) is 8.71. The van der Waals surface area contributed by atoms with Crippen LogP contribution in [0.25, 0.3) is 0 Å². The first-order chi connectivity index (χ1) is 15.3. The molecule has 1 aliphatic heterocycles. The molecule has 0 aliphatic carbocycles. The van der Waals surface area contributed by atoms with E-state index in [4.69, 9.17) is 14.2 Å². The standard InChI is InChI=1S/C23H30N2O7/c1-5-12-25(13-11-17-9-7-6-8-10-17)22(28)21-20(24-15(2)26)18(31-16(3)27)14-19(32-21)23(29)30-4/h6-10,14,18,20-21H,5,11-13H2,1-4H3,(H,24,26)/t18-,20-,21-/m1/s1. The summed E-state index contributed by atoms with van der Waals surface area (Å²) in [4.78, 5) is 50.8. The molecule has 1 aliphatic rings. The van der Waals surface area contributed by atoms with E-state index in [1.165, 1.54) is 27.0 Å². The lowest BCUT2D eigenvalue weighted by atomic mass is 9.98. The van der Waals surface area contributed by atoms with Crippen molar-refractivity contribution in [2.24, 2.45) is 0 Å². The zero-order valence-corrected chi connectivity index (χ0v) is 18.8. The number of hydrogen-bond donors (Lipinski definition) is 1. The second-order valence-electron chi connectivity index (χ2n) is 7.42. The average Bonchev–Trinajstić information content (AvgIpc) is 2.76. The van der Waals surface area contributed by atoms with E-state index >= 15 is 0 Å². The highest BCUT2D eigenvalue weighted by molar-refractivity contribution is 5.89. The summed E-state index contributed by atoms with van der Waals surface area (Å²) >= 11 is 0. The Bertz CT molecular complexity index is 853. The highest BCUT2D eigenvalue weighted by atomic mass is 16.6. The van der Waals surface area contributed by atoms with Crippen LogP contribution in [0.2, 0.25) is 0 Å². The van der Waals surface area contributed by atoms with E-state index < -0.39 is 42.0 Å². The number of carbonyl (C=O) groups excluding carboxylic acids is 4. The van der Waals surface area contributed by atoms with Crippen molar-refractivity contribution in [2.75, 3.05) is 20.2 Å². The van der Waals surface area contributed by atoms with Crippen molar-refractivity contribution in [3.63, 3.8) is 0 Å². The first kappa shape index (κ1) is 24.9. The van der Waals surface area contributed by atoms with Gasteiger partial charge in [-0.2, -0.15) is 0 Å². The van der Waals surface area contributed by atoms with E-state index in [-0.39, 0.29) is 5.76 Å². The number of ether oxygens (including phenoxy) is 3. The molecule has 32 heavy (non-hydrogen) atoms. The molecule has 3 atom stereocenters. The van der Waals surface area contributed by atoms with Crippen molar-refractivity contribution in [1.82, 2.24) is 10.2 Å². The molecule has 0 unspecified atom stereocenters. The summed E-state index contributed by atoms with van der Waals surface area (Å²) in [7, 11) is 1.17. The molecule has 1 aromatic rings. The number of benzene rings is 1. The number of amides is 2. The molecular weight excluding hydrogens is 416 g/mol. The van der Waals surface area contributed by atoms with E-state index in [0.717, 1.165) is 5.56 Å². The van der Waals surface area contributed by atoms with Crippen molar-refractivity contribution in [2.45, 2.75) is 51.9 Å². The molecule has 2 amide bonds. The number of nitrogens with zero attached hydrogens (tertiary/aromatic N) is 1. The van der Waals surface area contributed by atoms with Crippen LogP contribution in [-0.2, 0) is 39.8 Å². The van der Waals surface area contributed by atoms with Gasteiger partial charge in [-0.25, -0.2) is 4.79 Å². The van der Waals surface area contributed by atoms with Gasteiger partial charge in [-0.3, -0.25) is 14.4 Å². The smallest absolute Gasteiger partial charge is 0.373 e. The zero-order chi connectivity index (χ0) is 23.7. The van der Waals surface area contributed by atoms with Gasteiger partial charge in [0.2, 0.25) is 17.8 Å². The Balaban J connectivity index is 2.34. The molecule has 0 radical (unpaired) electrons. The first-order valence-corrected chi connectivity index (χ1v) is 10.5. The van der Waals surface area contributed by atoms with Gasteiger partial charge in [0, 0.05) is 33.0 Å². The lowest BCUT2D eigenvalue weighted by Crippen LogP contribution is -2.60. The highest BCUT2D eigenvalue weighted by Gasteiger charge is 2.45. The van der Waals surface area contributed by atoms with E-state index in [1.807, 2.05) is 37.3 Å². The van der Waals surface area contributed by atoms with Crippen molar-refractivity contribution in [1.29, 1.82) is 0 Å². The summed E-state index contributed by atoms with van der Waals surface area (Å²) in [6.45, 7) is 5.29. The molecule has 0 bridgehead atoms. The zero-order valence-electron chi connectivity index (χ0n) is 18.8. The van der Waals surface area contributed by atoms with Crippen LogP contribution < -0.4 is 5.32 Å². The summed E-state index contributed by atoms with van der Waals surface area (Å²) < 4.78 is 15.7. The van der Waals surface area contributed by atoms with Crippen molar-refractivity contribution in [3.05, 3.63) is 47.7 Å². The Kier molecular flexibility index (Phi) is 9.24. The van der Waals surface area contributed by atoms with Gasteiger partial charge in [0.15, 0.2) is 0 Å². The van der Waals surface area contributed by atoms with Crippen LogP contribution in [0.1, 0.15) is 32.8 Å². The Labute approximate surface area is 187 Å². The van der Waals surface area contributed by atoms with Crippen LogP contribution in [0.4, 0.5) is 0 Å². The fraction of sp³-hybridized carbons (Fsp3) is 0.478.